The van der Waals surface area contributed by atoms with Gasteiger partial charge in [0.05, 0.1) is 25.4 Å². The Labute approximate surface area is 215 Å². The molecule has 7 nitrogen and oxygen atoms in total. The number of pyridine rings is 1. The first-order chi connectivity index (χ1) is 17.4. The molecular weight excluding hydrogens is 481 g/mol. The van der Waals surface area contributed by atoms with Crippen molar-refractivity contribution in [2.24, 2.45) is 11.8 Å². The Kier molecular flexibility index (Phi) is 8.20. The number of nitrogens with one attached hydrogen (secondary N) is 2. The number of aromatic nitrogens is 1. The molecule has 2 aromatic carbocycles. The zero-order valence-electron chi connectivity index (χ0n) is 20.6. The molecule has 2 N–H and O–H groups in total. The van der Waals surface area contributed by atoms with Gasteiger partial charge in [0.25, 0.3) is 0 Å². The Bertz CT molecular complexity index is 1260. The molecule has 190 valence electrons. The first kappa shape index (κ1) is 25.6. The number of fused-ring (bicyclic) bond motifs is 1. The minimum absolute atomic E-state index is 0.0675. The third-order valence-corrected chi connectivity index (χ3v) is 6.69. The molecule has 1 aliphatic rings. The Hall–Kier alpha value is -3.46. The van der Waals surface area contributed by atoms with Crippen LogP contribution in [0.3, 0.4) is 0 Å². The largest absolute Gasteiger partial charge is 0.493 e. The van der Waals surface area contributed by atoms with Crippen LogP contribution in [0.1, 0.15) is 39.0 Å². The van der Waals surface area contributed by atoms with Gasteiger partial charge < -0.3 is 24.8 Å². The fourth-order valence-electron chi connectivity index (χ4n) is 4.45. The molecule has 1 aromatic heterocycles. The quantitative estimate of drug-likeness (QED) is 0.365. The van der Waals surface area contributed by atoms with E-state index in [2.05, 4.69) is 22.5 Å². The van der Waals surface area contributed by atoms with Crippen molar-refractivity contribution in [2.45, 2.75) is 39.0 Å². The molecular formula is C27H30FN3O4S. The number of amides is 1. The second-order valence-corrected chi connectivity index (χ2v) is 9.52. The van der Waals surface area contributed by atoms with Crippen LogP contribution in [-0.4, -0.2) is 30.2 Å². The number of rotatable bonds is 7. The Morgan fingerprint density at radius 3 is 2.47 bits per heavy atom. The van der Waals surface area contributed by atoms with Gasteiger partial charge in [0, 0.05) is 30.1 Å². The Balaban J connectivity index is 1.40. The molecule has 1 fully saturated rings. The van der Waals surface area contributed by atoms with E-state index in [4.69, 9.17) is 26.4 Å². The summed E-state index contributed by atoms with van der Waals surface area (Å²) in [6.45, 7) is 2.24. The van der Waals surface area contributed by atoms with Gasteiger partial charge in [-0.3, -0.25) is 9.78 Å². The van der Waals surface area contributed by atoms with Crippen molar-refractivity contribution in [3.63, 3.8) is 0 Å². The molecule has 0 aliphatic heterocycles. The lowest BCUT2D eigenvalue weighted by Gasteiger charge is -2.25. The zero-order chi connectivity index (χ0) is 25.7. The number of carbonyl (C=O) groups excluding carboxylic acids is 1. The van der Waals surface area contributed by atoms with Crippen LogP contribution in [0.15, 0.2) is 42.6 Å². The molecule has 0 saturated heterocycles. The minimum Gasteiger partial charge on any atom is -0.493 e. The summed E-state index contributed by atoms with van der Waals surface area (Å²) in [4.78, 5) is 16.7. The molecule has 1 heterocycles. The standard InChI is InChI=1S/C27H30FN3O4S/c1-16-4-6-17(7-5-16)12-26(32)31-27(36)30-21-9-8-18(13-20(21)28)35-23-10-11-29-22-15-25(34-3)24(33-2)14-19(22)23/h8-11,13-17H,4-7,12H2,1-3H3,(H2,30,31,32,36). The van der Waals surface area contributed by atoms with Gasteiger partial charge in [-0.15, -0.1) is 0 Å². The van der Waals surface area contributed by atoms with Crippen molar-refractivity contribution < 1.29 is 23.4 Å². The van der Waals surface area contributed by atoms with E-state index in [-0.39, 0.29) is 16.7 Å². The molecule has 0 spiro atoms. The van der Waals surface area contributed by atoms with Crippen molar-refractivity contribution >= 4 is 39.8 Å². The van der Waals surface area contributed by atoms with E-state index >= 15 is 0 Å². The highest BCUT2D eigenvalue weighted by Gasteiger charge is 2.21. The van der Waals surface area contributed by atoms with Crippen molar-refractivity contribution in [3.8, 4) is 23.0 Å². The maximum absolute atomic E-state index is 14.8. The van der Waals surface area contributed by atoms with Gasteiger partial charge in [-0.05, 0) is 61.2 Å². The highest BCUT2D eigenvalue weighted by Crippen LogP contribution is 2.37. The summed E-state index contributed by atoms with van der Waals surface area (Å²) in [5, 5.41) is 6.18. The van der Waals surface area contributed by atoms with E-state index in [1.807, 2.05) is 0 Å². The van der Waals surface area contributed by atoms with E-state index in [1.165, 1.54) is 12.1 Å². The summed E-state index contributed by atoms with van der Waals surface area (Å²) in [7, 11) is 3.10. The minimum atomic E-state index is -0.567. The van der Waals surface area contributed by atoms with Gasteiger partial charge in [-0.2, -0.15) is 0 Å². The smallest absolute Gasteiger partial charge is 0.226 e. The number of methoxy groups -OCH3 is 2. The number of hydrogen-bond acceptors (Lipinski definition) is 6. The van der Waals surface area contributed by atoms with Gasteiger partial charge >= 0.3 is 0 Å². The predicted octanol–water partition coefficient (Wildman–Crippen LogP) is 6.21. The molecule has 36 heavy (non-hydrogen) atoms. The number of anilines is 1. The van der Waals surface area contributed by atoms with Gasteiger partial charge in [0.1, 0.15) is 17.3 Å². The topological polar surface area (TPSA) is 81.7 Å². The number of halogens is 1. The summed E-state index contributed by atoms with van der Waals surface area (Å²) in [6, 6.07) is 9.58. The molecule has 4 rings (SSSR count). The SMILES string of the molecule is COc1cc2nccc(Oc3ccc(NC(=S)NC(=O)CC4CCC(C)CC4)c(F)c3)c2cc1OC. The summed E-state index contributed by atoms with van der Waals surface area (Å²) in [6.07, 6.45) is 6.44. The second-order valence-electron chi connectivity index (χ2n) is 9.11. The highest BCUT2D eigenvalue weighted by atomic mass is 32.1. The highest BCUT2D eigenvalue weighted by molar-refractivity contribution is 7.80. The van der Waals surface area contributed by atoms with Crippen molar-refractivity contribution in [1.82, 2.24) is 10.3 Å². The number of nitrogens with zero attached hydrogens (tertiary/aromatic N) is 1. The first-order valence-corrected chi connectivity index (χ1v) is 12.4. The predicted molar refractivity (Wildman–Crippen MR) is 141 cm³/mol. The van der Waals surface area contributed by atoms with E-state index in [1.54, 1.807) is 44.7 Å². The van der Waals surface area contributed by atoms with Crippen molar-refractivity contribution in [2.75, 3.05) is 19.5 Å². The molecule has 0 unspecified atom stereocenters. The second kappa shape index (κ2) is 11.5. The summed E-state index contributed by atoms with van der Waals surface area (Å²) in [5.74, 6) is 2.25. The number of hydrogen-bond donors (Lipinski definition) is 2. The third kappa shape index (κ3) is 6.20. The monoisotopic (exact) mass is 511 g/mol. The van der Waals surface area contributed by atoms with E-state index in [9.17, 15) is 9.18 Å². The van der Waals surface area contributed by atoms with Crippen LogP contribution in [0.4, 0.5) is 10.1 Å². The van der Waals surface area contributed by atoms with Crippen LogP contribution in [0.5, 0.6) is 23.0 Å². The molecule has 3 aromatic rings. The van der Waals surface area contributed by atoms with E-state index in [0.717, 1.165) is 31.6 Å². The molecule has 0 bridgehead atoms. The van der Waals surface area contributed by atoms with Crippen LogP contribution in [0.25, 0.3) is 10.9 Å². The van der Waals surface area contributed by atoms with Crippen molar-refractivity contribution in [1.29, 1.82) is 0 Å². The van der Waals surface area contributed by atoms with Gasteiger partial charge in [-0.25, -0.2) is 4.39 Å². The normalized spacial score (nSPS) is 17.3. The summed E-state index contributed by atoms with van der Waals surface area (Å²) >= 11 is 5.22. The van der Waals surface area contributed by atoms with Crippen LogP contribution in [0, 0.1) is 17.7 Å². The number of carbonyl (C=O) groups is 1. The molecule has 1 aliphatic carbocycles. The zero-order valence-corrected chi connectivity index (χ0v) is 21.4. The van der Waals surface area contributed by atoms with Crippen LogP contribution < -0.4 is 24.8 Å². The van der Waals surface area contributed by atoms with Gasteiger partial charge in [0.2, 0.25) is 5.91 Å². The molecule has 0 radical (unpaired) electrons. The third-order valence-electron chi connectivity index (χ3n) is 6.49. The summed E-state index contributed by atoms with van der Waals surface area (Å²) < 4.78 is 31.5. The average Bonchev–Trinajstić information content (AvgIpc) is 2.86. The van der Waals surface area contributed by atoms with Gasteiger partial charge in [0.15, 0.2) is 16.6 Å². The molecule has 9 heteroatoms. The maximum Gasteiger partial charge on any atom is 0.226 e. The molecule has 0 atom stereocenters. The van der Waals surface area contributed by atoms with Gasteiger partial charge in [-0.1, -0.05) is 19.8 Å². The van der Waals surface area contributed by atoms with Crippen LogP contribution in [0.2, 0.25) is 0 Å². The number of thiocarbonyl (C=S) groups is 1. The number of ether oxygens (including phenoxy) is 3. The lowest BCUT2D eigenvalue weighted by Crippen LogP contribution is -2.35. The first-order valence-electron chi connectivity index (χ1n) is 11.9. The van der Waals surface area contributed by atoms with Crippen LogP contribution in [-0.2, 0) is 4.79 Å². The van der Waals surface area contributed by atoms with E-state index < -0.39 is 5.82 Å². The average molecular weight is 512 g/mol. The summed E-state index contributed by atoms with van der Waals surface area (Å²) in [5.41, 5.74) is 0.790. The van der Waals surface area contributed by atoms with E-state index in [0.29, 0.717) is 46.2 Å². The molecule has 1 amide bonds. The number of benzene rings is 2. The Morgan fingerprint density at radius 2 is 1.78 bits per heavy atom. The lowest BCUT2D eigenvalue weighted by atomic mass is 9.81. The fourth-order valence-corrected chi connectivity index (χ4v) is 4.67. The Morgan fingerprint density at radius 1 is 1.06 bits per heavy atom. The lowest BCUT2D eigenvalue weighted by molar-refractivity contribution is -0.120. The fraction of sp³-hybridized carbons (Fsp3) is 0.370. The van der Waals surface area contributed by atoms with Crippen LogP contribution >= 0.6 is 12.2 Å². The molecule has 1 saturated carbocycles. The van der Waals surface area contributed by atoms with Crippen molar-refractivity contribution in [3.05, 3.63) is 48.4 Å². The maximum atomic E-state index is 14.8.